The SMILES string of the molecule is CN(C(=O)c1nn(-c2ccccc2)c(=O)c2ccccc12)c1cccc2ccccc12. The van der Waals surface area contributed by atoms with Crippen molar-refractivity contribution in [3.8, 4) is 5.69 Å². The van der Waals surface area contributed by atoms with Crippen molar-refractivity contribution in [2.24, 2.45) is 0 Å². The molecule has 0 atom stereocenters. The highest BCUT2D eigenvalue weighted by atomic mass is 16.2. The minimum absolute atomic E-state index is 0.231. The maximum absolute atomic E-state index is 13.6. The number of fused-ring (bicyclic) bond motifs is 2. The van der Waals surface area contributed by atoms with Gasteiger partial charge < -0.3 is 4.90 Å². The third kappa shape index (κ3) is 3.16. The molecule has 5 heteroatoms. The van der Waals surface area contributed by atoms with Crippen molar-refractivity contribution in [3.63, 3.8) is 0 Å². The van der Waals surface area contributed by atoms with Gasteiger partial charge in [0, 0.05) is 17.8 Å². The summed E-state index contributed by atoms with van der Waals surface area (Å²) in [7, 11) is 1.73. The van der Waals surface area contributed by atoms with E-state index in [1.807, 2.05) is 66.7 Å². The van der Waals surface area contributed by atoms with Gasteiger partial charge in [-0.25, -0.2) is 0 Å². The van der Waals surface area contributed by atoms with Crippen LogP contribution in [-0.4, -0.2) is 22.7 Å². The van der Waals surface area contributed by atoms with Gasteiger partial charge in [0.15, 0.2) is 5.69 Å². The molecule has 0 saturated heterocycles. The zero-order valence-electron chi connectivity index (χ0n) is 16.9. The van der Waals surface area contributed by atoms with Crippen molar-refractivity contribution in [1.29, 1.82) is 0 Å². The van der Waals surface area contributed by atoms with Crippen LogP contribution in [0.15, 0.2) is 102 Å². The molecular formula is C26H19N3O2. The molecule has 5 aromatic rings. The van der Waals surface area contributed by atoms with E-state index in [0.717, 1.165) is 16.5 Å². The smallest absolute Gasteiger partial charge is 0.279 e. The van der Waals surface area contributed by atoms with Crippen LogP contribution >= 0.6 is 0 Å². The molecule has 5 rings (SSSR count). The first kappa shape index (κ1) is 18.8. The zero-order chi connectivity index (χ0) is 21.4. The Hall–Kier alpha value is -4.25. The predicted molar refractivity (Wildman–Crippen MR) is 124 cm³/mol. The van der Waals surface area contributed by atoms with Crippen LogP contribution in [0.3, 0.4) is 0 Å². The zero-order valence-corrected chi connectivity index (χ0v) is 16.9. The van der Waals surface area contributed by atoms with Gasteiger partial charge in [0.25, 0.3) is 11.5 Å². The summed E-state index contributed by atoms with van der Waals surface area (Å²) < 4.78 is 1.30. The summed E-state index contributed by atoms with van der Waals surface area (Å²) in [5, 5.41) is 7.53. The summed E-state index contributed by atoms with van der Waals surface area (Å²) in [5.74, 6) is -0.280. The van der Waals surface area contributed by atoms with Crippen molar-refractivity contribution in [2.45, 2.75) is 0 Å². The topological polar surface area (TPSA) is 55.2 Å². The number of hydrogen-bond donors (Lipinski definition) is 0. The van der Waals surface area contributed by atoms with Crippen LogP contribution in [-0.2, 0) is 0 Å². The average molecular weight is 405 g/mol. The number of amides is 1. The van der Waals surface area contributed by atoms with Gasteiger partial charge in [-0.1, -0.05) is 72.8 Å². The number of carbonyl (C=O) groups excluding carboxylic acids is 1. The molecule has 0 aliphatic rings. The lowest BCUT2D eigenvalue weighted by atomic mass is 10.1. The first-order chi connectivity index (χ1) is 15.1. The molecule has 1 aromatic heterocycles. The van der Waals surface area contributed by atoms with E-state index in [0.29, 0.717) is 16.5 Å². The molecule has 0 aliphatic carbocycles. The second-order valence-electron chi connectivity index (χ2n) is 7.31. The first-order valence-corrected chi connectivity index (χ1v) is 9.98. The number of rotatable bonds is 3. The Morgan fingerprint density at radius 2 is 1.35 bits per heavy atom. The van der Waals surface area contributed by atoms with Gasteiger partial charge >= 0.3 is 0 Å². The molecule has 0 N–H and O–H groups in total. The van der Waals surface area contributed by atoms with Crippen molar-refractivity contribution < 1.29 is 4.79 Å². The molecule has 1 amide bonds. The monoisotopic (exact) mass is 405 g/mol. The molecule has 31 heavy (non-hydrogen) atoms. The highest BCUT2D eigenvalue weighted by Gasteiger charge is 2.22. The number of carbonyl (C=O) groups is 1. The minimum Gasteiger partial charge on any atom is -0.309 e. The van der Waals surface area contributed by atoms with Crippen LogP contribution in [0.25, 0.3) is 27.2 Å². The largest absolute Gasteiger partial charge is 0.309 e. The van der Waals surface area contributed by atoms with Crippen molar-refractivity contribution in [2.75, 3.05) is 11.9 Å². The van der Waals surface area contributed by atoms with E-state index in [1.165, 1.54) is 4.68 Å². The molecule has 0 bridgehead atoms. The summed E-state index contributed by atoms with van der Waals surface area (Å²) in [6.07, 6.45) is 0. The molecule has 5 nitrogen and oxygen atoms in total. The highest BCUT2D eigenvalue weighted by Crippen LogP contribution is 2.27. The van der Waals surface area contributed by atoms with E-state index in [2.05, 4.69) is 5.10 Å². The molecule has 0 spiro atoms. The van der Waals surface area contributed by atoms with Crippen LogP contribution in [0.5, 0.6) is 0 Å². The maximum Gasteiger partial charge on any atom is 0.279 e. The van der Waals surface area contributed by atoms with E-state index < -0.39 is 0 Å². The summed E-state index contributed by atoms with van der Waals surface area (Å²) in [6, 6.07) is 30.0. The van der Waals surface area contributed by atoms with Gasteiger partial charge in [0.1, 0.15) is 0 Å². The summed E-state index contributed by atoms with van der Waals surface area (Å²) >= 11 is 0. The van der Waals surface area contributed by atoms with Crippen LogP contribution in [0.2, 0.25) is 0 Å². The Balaban J connectivity index is 1.72. The normalized spacial score (nSPS) is 11.0. The van der Waals surface area contributed by atoms with Crippen molar-refractivity contribution >= 4 is 33.1 Å². The van der Waals surface area contributed by atoms with Crippen molar-refractivity contribution in [1.82, 2.24) is 9.78 Å². The van der Waals surface area contributed by atoms with Crippen LogP contribution < -0.4 is 10.5 Å². The molecule has 4 aromatic carbocycles. The molecular weight excluding hydrogens is 386 g/mol. The Labute approximate surface area is 178 Å². The number of anilines is 1. The van der Waals surface area contributed by atoms with Gasteiger partial charge in [-0.2, -0.15) is 9.78 Å². The summed E-state index contributed by atoms with van der Waals surface area (Å²) in [4.78, 5) is 28.3. The molecule has 0 saturated carbocycles. The Kier molecular flexibility index (Phi) is 4.56. The second-order valence-corrected chi connectivity index (χ2v) is 7.31. The Morgan fingerprint density at radius 1 is 0.742 bits per heavy atom. The molecule has 1 heterocycles. The lowest BCUT2D eigenvalue weighted by Gasteiger charge is -2.20. The minimum atomic E-state index is -0.280. The molecule has 0 aliphatic heterocycles. The van der Waals surface area contributed by atoms with Crippen molar-refractivity contribution in [3.05, 3.63) is 113 Å². The van der Waals surface area contributed by atoms with Gasteiger partial charge in [0.2, 0.25) is 0 Å². The fraction of sp³-hybridized carbons (Fsp3) is 0.0385. The van der Waals surface area contributed by atoms with Crippen LogP contribution in [0.4, 0.5) is 5.69 Å². The number of nitrogens with zero attached hydrogens (tertiary/aromatic N) is 3. The van der Waals surface area contributed by atoms with Gasteiger partial charge in [-0.3, -0.25) is 9.59 Å². The number of benzene rings is 4. The highest BCUT2D eigenvalue weighted by molar-refractivity contribution is 6.14. The van der Waals surface area contributed by atoms with Crippen LogP contribution in [0.1, 0.15) is 10.5 Å². The quantitative estimate of drug-likeness (QED) is 0.433. The van der Waals surface area contributed by atoms with E-state index in [-0.39, 0.29) is 17.2 Å². The number of aromatic nitrogens is 2. The molecule has 150 valence electrons. The Bertz CT molecular complexity index is 1480. The lowest BCUT2D eigenvalue weighted by molar-refractivity contribution is 0.0988. The number of para-hydroxylation sites is 1. The fourth-order valence-corrected chi connectivity index (χ4v) is 3.86. The molecule has 0 radical (unpaired) electrons. The Morgan fingerprint density at radius 3 is 2.13 bits per heavy atom. The van der Waals surface area contributed by atoms with E-state index in [1.54, 1.807) is 42.3 Å². The second kappa shape index (κ2) is 7.54. The summed E-state index contributed by atoms with van der Waals surface area (Å²) in [6.45, 7) is 0. The average Bonchev–Trinajstić information content (AvgIpc) is 2.84. The molecule has 0 unspecified atom stereocenters. The van der Waals surface area contributed by atoms with Gasteiger partial charge in [-0.15, -0.1) is 0 Å². The van der Waals surface area contributed by atoms with Gasteiger partial charge in [0.05, 0.1) is 16.8 Å². The standard InChI is InChI=1S/C26H19N3O2/c1-28(23-17-9-11-18-10-5-6-14-20(18)23)26(31)24-21-15-7-8-16-22(21)25(30)29(27-24)19-12-3-2-4-13-19/h2-17H,1H3. The van der Waals surface area contributed by atoms with E-state index in [4.69, 9.17) is 0 Å². The predicted octanol–water partition coefficient (Wildman–Crippen LogP) is 4.82. The van der Waals surface area contributed by atoms with Crippen LogP contribution in [0, 0.1) is 0 Å². The molecule has 0 fully saturated rings. The fourth-order valence-electron chi connectivity index (χ4n) is 3.86. The number of hydrogen-bond acceptors (Lipinski definition) is 3. The maximum atomic E-state index is 13.6. The third-order valence-electron chi connectivity index (χ3n) is 5.44. The van der Waals surface area contributed by atoms with Gasteiger partial charge in [-0.05, 0) is 29.7 Å². The first-order valence-electron chi connectivity index (χ1n) is 9.98. The lowest BCUT2D eigenvalue weighted by Crippen LogP contribution is -2.31. The third-order valence-corrected chi connectivity index (χ3v) is 5.44. The summed E-state index contributed by atoms with van der Waals surface area (Å²) in [5.41, 5.74) is 1.37. The van der Waals surface area contributed by atoms with E-state index in [9.17, 15) is 9.59 Å². The van der Waals surface area contributed by atoms with E-state index >= 15 is 0 Å².